The zero-order chi connectivity index (χ0) is 7.07. The van der Waals surface area contributed by atoms with E-state index in [1.807, 2.05) is 11.9 Å². The average molecular weight is 149 g/mol. The van der Waals surface area contributed by atoms with Gasteiger partial charge in [0, 0.05) is 12.8 Å². The van der Waals surface area contributed by atoms with Gasteiger partial charge in [-0.05, 0) is 13.5 Å². The van der Waals surface area contributed by atoms with Gasteiger partial charge in [0.1, 0.15) is 5.37 Å². The molecule has 54 valence electrons. The molecule has 0 aliphatic carbocycles. The molecule has 1 aliphatic rings. The van der Waals surface area contributed by atoms with Gasteiger partial charge >= 0.3 is 0 Å². The third-order valence-corrected chi connectivity index (χ3v) is 3.30. The van der Waals surface area contributed by atoms with Crippen LogP contribution in [0.3, 0.4) is 0 Å². The molecule has 1 heterocycles. The SMILES string of the molecule is CN1CCC1S(C)(=O)=O. The fraction of sp³-hybridized carbons (Fsp3) is 1.00. The zero-order valence-electron chi connectivity index (χ0n) is 5.66. The van der Waals surface area contributed by atoms with E-state index in [0.29, 0.717) is 0 Å². The van der Waals surface area contributed by atoms with Gasteiger partial charge in [-0.2, -0.15) is 0 Å². The van der Waals surface area contributed by atoms with Gasteiger partial charge in [-0.1, -0.05) is 0 Å². The van der Waals surface area contributed by atoms with Crippen molar-refractivity contribution >= 4 is 9.84 Å². The Kier molecular flexibility index (Phi) is 1.52. The first kappa shape index (κ1) is 7.02. The van der Waals surface area contributed by atoms with E-state index in [4.69, 9.17) is 0 Å². The van der Waals surface area contributed by atoms with E-state index in [9.17, 15) is 8.42 Å². The van der Waals surface area contributed by atoms with Crippen molar-refractivity contribution in [2.24, 2.45) is 0 Å². The Morgan fingerprint density at radius 2 is 2.11 bits per heavy atom. The zero-order valence-corrected chi connectivity index (χ0v) is 6.48. The molecule has 0 aromatic heterocycles. The lowest BCUT2D eigenvalue weighted by Gasteiger charge is -2.35. The third kappa shape index (κ3) is 1.24. The van der Waals surface area contributed by atoms with Gasteiger partial charge in [0.2, 0.25) is 0 Å². The summed E-state index contributed by atoms with van der Waals surface area (Å²) in [7, 11) is -0.961. The molecule has 0 spiro atoms. The molecule has 1 saturated heterocycles. The predicted octanol–water partition coefficient (Wildman–Crippen LogP) is -0.307. The highest BCUT2D eigenvalue weighted by molar-refractivity contribution is 7.91. The van der Waals surface area contributed by atoms with Crippen LogP contribution >= 0.6 is 0 Å². The fourth-order valence-corrected chi connectivity index (χ4v) is 2.33. The summed E-state index contributed by atoms with van der Waals surface area (Å²) in [5.41, 5.74) is 0. The normalized spacial score (nSPS) is 29.8. The Hall–Kier alpha value is -0.0900. The fourth-order valence-electron chi connectivity index (χ4n) is 1.03. The summed E-state index contributed by atoms with van der Waals surface area (Å²) < 4.78 is 21.6. The largest absolute Gasteiger partial charge is 0.290 e. The molecule has 0 aromatic carbocycles. The molecule has 0 amide bonds. The highest BCUT2D eigenvalue weighted by Crippen LogP contribution is 2.18. The van der Waals surface area contributed by atoms with E-state index < -0.39 is 9.84 Å². The van der Waals surface area contributed by atoms with Crippen LogP contribution in [-0.2, 0) is 9.84 Å². The van der Waals surface area contributed by atoms with Crippen molar-refractivity contribution in [2.75, 3.05) is 19.8 Å². The van der Waals surface area contributed by atoms with Crippen molar-refractivity contribution in [3.8, 4) is 0 Å². The van der Waals surface area contributed by atoms with Crippen molar-refractivity contribution in [3.05, 3.63) is 0 Å². The number of sulfone groups is 1. The lowest BCUT2D eigenvalue weighted by Crippen LogP contribution is -2.49. The van der Waals surface area contributed by atoms with Crippen LogP contribution in [0.5, 0.6) is 0 Å². The lowest BCUT2D eigenvalue weighted by atomic mass is 10.2. The van der Waals surface area contributed by atoms with E-state index in [2.05, 4.69) is 0 Å². The molecule has 1 unspecified atom stereocenters. The minimum absolute atomic E-state index is 0.197. The van der Waals surface area contributed by atoms with Gasteiger partial charge in [0.15, 0.2) is 9.84 Å². The Bertz CT molecular complexity index is 197. The van der Waals surface area contributed by atoms with Gasteiger partial charge in [0.25, 0.3) is 0 Å². The van der Waals surface area contributed by atoms with Gasteiger partial charge in [-0.25, -0.2) is 8.42 Å². The number of nitrogens with zero attached hydrogens (tertiary/aromatic N) is 1. The molecule has 3 nitrogen and oxygen atoms in total. The quantitative estimate of drug-likeness (QED) is 0.513. The predicted molar refractivity (Wildman–Crippen MR) is 35.9 cm³/mol. The van der Waals surface area contributed by atoms with E-state index in [0.717, 1.165) is 13.0 Å². The summed E-state index contributed by atoms with van der Waals surface area (Å²) in [5, 5.41) is -0.197. The Morgan fingerprint density at radius 1 is 1.56 bits per heavy atom. The monoisotopic (exact) mass is 149 g/mol. The lowest BCUT2D eigenvalue weighted by molar-refractivity contribution is 0.190. The van der Waals surface area contributed by atoms with Crippen molar-refractivity contribution < 1.29 is 8.42 Å². The smallest absolute Gasteiger partial charge is 0.163 e. The number of hydrogen-bond acceptors (Lipinski definition) is 3. The molecule has 0 bridgehead atoms. The molecular formula is C5H11NO2S. The van der Waals surface area contributed by atoms with Crippen molar-refractivity contribution in [1.29, 1.82) is 0 Å². The van der Waals surface area contributed by atoms with Crippen molar-refractivity contribution in [1.82, 2.24) is 4.90 Å². The molecule has 1 rings (SSSR count). The highest BCUT2D eigenvalue weighted by Gasteiger charge is 2.32. The maximum Gasteiger partial charge on any atom is 0.163 e. The molecule has 0 aromatic rings. The van der Waals surface area contributed by atoms with Crippen molar-refractivity contribution in [3.63, 3.8) is 0 Å². The van der Waals surface area contributed by atoms with Crippen LogP contribution < -0.4 is 0 Å². The van der Waals surface area contributed by atoms with E-state index in [1.54, 1.807) is 0 Å². The Balaban J connectivity index is 2.66. The second-order valence-corrected chi connectivity index (χ2v) is 4.76. The molecule has 4 heteroatoms. The van der Waals surface area contributed by atoms with E-state index in [1.165, 1.54) is 6.26 Å². The summed E-state index contributed by atoms with van der Waals surface area (Å²) in [6.45, 7) is 0.914. The summed E-state index contributed by atoms with van der Waals surface area (Å²) in [4.78, 5) is 1.84. The van der Waals surface area contributed by atoms with Crippen LogP contribution in [0.25, 0.3) is 0 Å². The van der Waals surface area contributed by atoms with Crippen LogP contribution in [0.4, 0.5) is 0 Å². The topological polar surface area (TPSA) is 37.4 Å². The number of rotatable bonds is 1. The van der Waals surface area contributed by atoms with Crippen LogP contribution in [0.15, 0.2) is 0 Å². The van der Waals surface area contributed by atoms with Crippen molar-refractivity contribution in [2.45, 2.75) is 11.8 Å². The average Bonchev–Trinajstić information content (AvgIpc) is 1.57. The molecule has 1 aliphatic heterocycles. The molecular weight excluding hydrogens is 138 g/mol. The molecule has 1 atom stereocenters. The molecule has 0 saturated carbocycles. The first-order valence-corrected chi connectivity index (χ1v) is 4.86. The first-order valence-electron chi connectivity index (χ1n) is 2.91. The first-order chi connectivity index (χ1) is 4.02. The standard InChI is InChI=1S/C5H11NO2S/c1-6-4-3-5(6)9(2,7)8/h5H,3-4H2,1-2H3. The summed E-state index contributed by atoms with van der Waals surface area (Å²) in [6, 6.07) is 0. The molecule has 0 radical (unpaired) electrons. The maximum absolute atomic E-state index is 10.8. The minimum Gasteiger partial charge on any atom is -0.290 e. The second-order valence-electron chi connectivity index (χ2n) is 2.55. The second kappa shape index (κ2) is 1.95. The third-order valence-electron chi connectivity index (χ3n) is 1.71. The number of hydrogen-bond donors (Lipinski definition) is 0. The van der Waals surface area contributed by atoms with E-state index in [-0.39, 0.29) is 5.37 Å². The Morgan fingerprint density at radius 3 is 2.11 bits per heavy atom. The van der Waals surface area contributed by atoms with E-state index >= 15 is 0 Å². The summed E-state index contributed by atoms with van der Waals surface area (Å²) >= 11 is 0. The van der Waals surface area contributed by atoms with Gasteiger partial charge in [-0.3, -0.25) is 4.90 Å². The van der Waals surface area contributed by atoms with Crippen LogP contribution in [0.1, 0.15) is 6.42 Å². The molecule has 0 N–H and O–H groups in total. The van der Waals surface area contributed by atoms with Gasteiger partial charge in [-0.15, -0.1) is 0 Å². The molecule has 1 fully saturated rings. The summed E-state index contributed by atoms with van der Waals surface area (Å²) in [5.74, 6) is 0. The van der Waals surface area contributed by atoms with Gasteiger partial charge in [0.05, 0.1) is 0 Å². The Labute approximate surface area is 55.6 Å². The van der Waals surface area contributed by atoms with Crippen LogP contribution in [0, 0.1) is 0 Å². The minimum atomic E-state index is -2.79. The molecule has 9 heavy (non-hydrogen) atoms. The highest BCUT2D eigenvalue weighted by atomic mass is 32.2. The van der Waals surface area contributed by atoms with Crippen LogP contribution in [-0.4, -0.2) is 38.5 Å². The summed E-state index contributed by atoms with van der Waals surface area (Å²) in [6.07, 6.45) is 2.09. The van der Waals surface area contributed by atoms with Gasteiger partial charge < -0.3 is 0 Å². The van der Waals surface area contributed by atoms with Crippen LogP contribution in [0.2, 0.25) is 0 Å². The maximum atomic E-state index is 10.8. The number of likely N-dealkylation sites (tertiary alicyclic amines) is 1.